The van der Waals surface area contributed by atoms with Crippen LogP contribution in [0, 0.1) is 17.6 Å². The first-order valence-corrected chi connectivity index (χ1v) is 11.3. The van der Waals surface area contributed by atoms with Crippen LogP contribution < -0.4 is 5.32 Å². The largest absolute Gasteiger partial charge is 0.326 e. The van der Waals surface area contributed by atoms with Crippen molar-refractivity contribution in [2.75, 3.05) is 18.4 Å². The molecule has 8 heteroatoms. The second-order valence-corrected chi connectivity index (χ2v) is 10.5. The highest BCUT2D eigenvalue weighted by molar-refractivity contribution is 7.89. The van der Waals surface area contributed by atoms with E-state index in [1.165, 1.54) is 4.31 Å². The fourth-order valence-corrected chi connectivity index (χ4v) is 4.92. The van der Waals surface area contributed by atoms with E-state index < -0.39 is 21.7 Å². The smallest absolute Gasteiger partial charge is 0.243 e. The number of sulfonamides is 1. The quantitative estimate of drug-likeness (QED) is 0.777. The highest BCUT2D eigenvalue weighted by atomic mass is 32.2. The molecule has 1 N–H and O–H groups in total. The SMILES string of the molecule is CC(C)(C)c1ccc(NC(=O)C2CCN(S(=O)(=O)c3ccc(F)c(F)c3)CC2)cc1. The highest BCUT2D eigenvalue weighted by Crippen LogP contribution is 2.27. The maximum Gasteiger partial charge on any atom is 0.243 e. The van der Waals surface area contributed by atoms with Crippen LogP contribution in [0.4, 0.5) is 14.5 Å². The molecule has 1 aliphatic heterocycles. The standard InChI is InChI=1S/C22H26F2N2O3S/c1-22(2,3)16-4-6-17(7-5-16)25-21(27)15-10-12-26(13-11-15)30(28,29)18-8-9-19(23)20(24)14-18/h4-9,14-15H,10-13H2,1-3H3,(H,25,27). The molecule has 0 aliphatic carbocycles. The number of carbonyl (C=O) groups excluding carboxylic acids is 1. The Kier molecular flexibility index (Phi) is 6.29. The topological polar surface area (TPSA) is 66.5 Å². The molecule has 5 nitrogen and oxygen atoms in total. The Labute approximate surface area is 176 Å². The van der Waals surface area contributed by atoms with Crippen LogP contribution >= 0.6 is 0 Å². The molecule has 162 valence electrons. The molecule has 1 aliphatic rings. The van der Waals surface area contributed by atoms with Crippen molar-refractivity contribution >= 4 is 21.6 Å². The van der Waals surface area contributed by atoms with Gasteiger partial charge in [0.05, 0.1) is 4.90 Å². The van der Waals surface area contributed by atoms with E-state index in [9.17, 15) is 22.0 Å². The van der Waals surface area contributed by atoms with Gasteiger partial charge >= 0.3 is 0 Å². The van der Waals surface area contributed by atoms with Gasteiger partial charge in [-0.25, -0.2) is 17.2 Å². The van der Waals surface area contributed by atoms with Gasteiger partial charge in [0, 0.05) is 24.7 Å². The number of hydrogen-bond donors (Lipinski definition) is 1. The third-order valence-electron chi connectivity index (χ3n) is 5.37. The lowest BCUT2D eigenvalue weighted by atomic mass is 9.87. The highest BCUT2D eigenvalue weighted by Gasteiger charge is 2.32. The van der Waals surface area contributed by atoms with Gasteiger partial charge in [-0.15, -0.1) is 0 Å². The number of nitrogens with one attached hydrogen (secondary N) is 1. The van der Waals surface area contributed by atoms with Crippen molar-refractivity contribution in [1.82, 2.24) is 4.31 Å². The fourth-order valence-electron chi connectivity index (χ4n) is 3.44. The Hall–Kier alpha value is -2.32. The summed E-state index contributed by atoms with van der Waals surface area (Å²) in [5.74, 6) is -2.77. The predicted octanol–water partition coefficient (Wildman–Crippen LogP) is 4.30. The lowest BCUT2D eigenvalue weighted by Crippen LogP contribution is -2.41. The van der Waals surface area contributed by atoms with Gasteiger partial charge in [0.1, 0.15) is 0 Å². The number of piperidine rings is 1. The van der Waals surface area contributed by atoms with Crippen LogP contribution in [0.1, 0.15) is 39.2 Å². The van der Waals surface area contributed by atoms with E-state index in [-0.39, 0.29) is 35.2 Å². The molecule has 0 bridgehead atoms. The molecule has 0 saturated carbocycles. The first-order chi connectivity index (χ1) is 14.0. The van der Waals surface area contributed by atoms with Gasteiger partial charge in [0.15, 0.2) is 11.6 Å². The summed E-state index contributed by atoms with van der Waals surface area (Å²) in [5.41, 5.74) is 1.88. The maximum absolute atomic E-state index is 13.4. The van der Waals surface area contributed by atoms with Gasteiger partial charge < -0.3 is 5.32 Å². The van der Waals surface area contributed by atoms with Gasteiger partial charge in [-0.3, -0.25) is 4.79 Å². The van der Waals surface area contributed by atoms with E-state index in [4.69, 9.17) is 0 Å². The van der Waals surface area contributed by atoms with Crippen molar-refractivity contribution in [2.45, 2.75) is 43.9 Å². The molecule has 0 unspecified atom stereocenters. The Bertz CT molecular complexity index is 1020. The van der Waals surface area contributed by atoms with Gasteiger partial charge in [0.2, 0.25) is 15.9 Å². The van der Waals surface area contributed by atoms with Crippen molar-refractivity contribution in [3.8, 4) is 0 Å². The molecule has 2 aromatic rings. The number of rotatable bonds is 4. The second-order valence-electron chi connectivity index (χ2n) is 8.57. The van der Waals surface area contributed by atoms with Crippen molar-refractivity contribution in [1.29, 1.82) is 0 Å². The zero-order valence-corrected chi connectivity index (χ0v) is 18.1. The van der Waals surface area contributed by atoms with Gasteiger partial charge in [-0.05, 0) is 54.2 Å². The first kappa shape index (κ1) is 22.4. The van der Waals surface area contributed by atoms with Crippen molar-refractivity contribution in [3.63, 3.8) is 0 Å². The number of amides is 1. The monoisotopic (exact) mass is 436 g/mol. The molecule has 0 aromatic heterocycles. The average Bonchev–Trinajstić information content (AvgIpc) is 2.69. The van der Waals surface area contributed by atoms with E-state index in [1.54, 1.807) is 0 Å². The zero-order chi connectivity index (χ0) is 22.1. The third kappa shape index (κ3) is 4.87. The van der Waals surface area contributed by atoms with Crippen LogP contribution in [0.25, 0.3) is 0 Å². The van der Waals surface area contributed by atoms with Gasteiger partial charge in [-0.2, -0.15) is 4.31 Å². The number of anilines is 1. The fraction of sp³-hybridized carbons (Fsp3) is 0.409. The van der Waals surface area contributed by atoms with Crippen molar-refractivity contribution in [3.05, 3.63) is 59.7 Å². The summed E-state index contributed by atoms with van der Waals surface area (Å²) < 4.78 is 53.1. The molecule has 1 heterocycles. The molecule has 1 amide bonds. The number of benzene rings is 2. The molecule has 3 rings (SSSR count). The zero-order valence-electron chi connectivity index (χ0n) is 17.3. The van der Waals surface area contributed by atoms with E-state index in [2.05, 4.69) is 26.1 Å². The number of halogens is 2. The van der Waals surface area contributed by atoms with Crippen molar-refractivity contribution in [2.24, 2.45) is 5.92 Å². The summed E-state index contributed by atoms with van der Waals surface area (Å²) >= 11 is 0. The van der Waals surface area contributed by atoms with E-state index in [1.807, 2.05) is 24.3 Å². The van der Waals surface area contributed by atoms with Crippen molar-refractivity contribution < 1.29 is 22.0 Å². The maximum atomic E-state index is 13.4. The Morgan fingerprint density at radius 1 is 1.00 bits per heavy atom. The molecule has 0 radical (unpaired) electrons. The summed E-state index contributed by atoms with van der Waals surface area (Å²) in [6.45, 7) is 6.62. The molecule has 1 fully saturated rings. The second kappa shape index (κ2) is 8.43. The predicted molar refractivity (Wildman–Crippen MR) is 112 cm³/mol. The minimum absolute atomic E-state index is 0.0221. The number of hydrogen-bond acceptors (Lipinski definition) is 3. The Morgan fingerprint density at radius 2 is 1.60 bits per heavy atom. The summed E-state index contributed by atoms with van der Waals surface area (Å²) in [6, 6.07) is 10.2. The Morgan fingerprint density at radius 3 is 2.13 bits per heavy atom. The molecule has 30 heavy (non-hydrogen) atoms. The minimum Gasteiger partial charge on any atom is -0.326 e. The molecular formula is C22H26F2N2O3S. The van der Waals surface area contributed by atoms with Gasteiger partial charge in [0.25, 0.3) is 0 Å². The molecule has 0 spiro atoms. The summed E-state index contributed by atoms with van der Waals surface area (Å²) in [6.07, 6.45) is 0.712. The van der Waals surface area contributed by atoms with Crippen LogP contribution in [-0.2, 0) is 20.2 Å². The molecular weight excluding hydrogens is 410 g/mol. The summed E-state index contributed by atoms with van der Waals surface area (Å²) in [4.78, 5) is 12.3. The minimum atomic E-state index is -3.93. The van der Waals surface area contributed by atoms with Crippen LogP contribution in [0.3, 0.4) is 0 Å². The summed E-state index contributed by atoms with van der Waals surface area (Å²) in [5, 5.41) is 2.89. The van der Waals surface area contributed by atoms with Crippen LogP contribution in [-0.4, -0.2) is 31.7 Å². The Balaban J connectivity index is 1.60. The lowest BCUT2D eigenvalue weighted by Gasteiger charge is -2.30. The summed E-state index contributed by atoms with van der Waals surface area (Å²) in [7, 11) is -3.93. The van der Waals surface area contributed by atoms with E-state index in [0.717, 1.165) is 17.7 Å². The molecule has 0 atom stereocenters. The first-order valence-electron chi connectivity index (χ1n) is 9.85. The normalized spacial score (nSPS) is 16.4. The molecule has 2 aromatic carbocycles. The van der Waals surface area contributed by atoms with Gasteiger partial charge in [-0.1, -0.05) is 32.9 Å². The van der Waals surface area contributed by atoms with E-state index in [0.29, 0.717) is 24.6 Å². The average molecular weight is 437 g/mol. The third-order valence-corrected chi connectivity index (χ3v) is 7.27. The van der Waals surface area contributed by atoms with Crippen LogP contribution in [0.2, 0.25) is 0 Å². The van der Waals surface area contributed by atoms with Crippen LogP contribution in [0.5, 0.6) is 0 Å². The number of nitrogens with zero attached hydrogens (tertiary/aromatic N) is 1. The molecule has 1 saturated heterocycles. The lowest BCUT2D eigenvalue weighted by molar-refractivity contribution is -0.120. The number of carbonyl (C=O) groups is 1. The van der Waals surface area contributed by atoms with Crippen LogP contribution in [0.15, 0.2) is 47.4 Å². The van der Waals surface area contributed by atoms with E-state index >= 15 is 0 Å².